The van der Waals surface area contributed by atoms with E-state index in [9.17, 15) is 4.79 Å². The van der Waals surface area contributed by atoms with Crippen molar-refractivity contribution in [1.29, 1.82) is 0 Å². The summed E-state index contributed by atoms with van der Waals surface area (Å²) < 4.78 is 0. The predicted octanol–water partition coefficient (Wildman–Crippen LogP) is 2.96. The number of hydrogen-bond acceptors (Lipinski definition) is 6. The van der Waals surface area contributed by atoms with E-state index in [1.807, 2.05) is 18.3 Å². The molecule has 3 heterocycles. The number of aryl methyl sites for hydroxylation is 1. The van der Waals surface area contributed by atoms with Gasteiger partial charge in [0, 0.05) is 48.7 Å². The van der Waals surface area contributed by atoms with Crippen molar-refractivity contribution in [3.8, 4) is 0 Å². The lowest BCUT2D eigenvalue weighted by Crippen LogP contribution is -2.18. The summed E-state index contributed by atoms with van der Waals surface area (Å²) in [5.74, 6) is 1.02. The molecule has 3 N–H and O–H groups in total. The number of rotatable bonds is 8. The van der Waals surface area contributed by atoms with E-state index in [1.165, 1.54) is 24.1 Å². The van der Waals surface area contributed by atoms with Crippen LogP contribution in [0.2, 0.25) is 0 Å². The zero-order chi connectivity index (χ0) is 20.8. The maximum absolute atomic E-state index is 12.4. The minimum absolute atomic E-state index is 0.0907. The summed E-state index contributed by atoms with van der Waals surface area (Å²) in [6, 6.07) is 7.84. The third-order valence-corrected chi connectivity index (χ3v) is 5.65. The molecule has 3 aromatic heterocycles. The van der Waals surface area contributed by atoms with Crippen LogP contribution in [-0.2, 0) is 19.4 Å². The van der Waals surface area contributed by atoms with E-state index in [4.69, 9.17) is 5.11 Å². The Bertz CT molecular complexity index is 1030. The van der Waals surface area contributed by atoms with Crippen LogP contribution in [0.5, 0.6) is 0 Å². The summed E-state index contributed by atoms with van der Waals surface area (Å²) >= 11 is 0. The lowest BCUT2D eigenvalue weighted by molar-refractivity contribution is 0.277. The van der Waals surface area contributed by atoms with Crippen LogP contribution in [0.4, 0.5) is 5.95 Å². The van der Waals surface area contributed by atoms with Gasteiger partial charge in [-0.05, 0) is 55.4 Å². The van der Waals surface area contributed by atoms with E-state index in [0.717, 1.165) is 31.4 Å². The van der Waals surface area contributed by atoms with Gasteiger partial charge in [0.05, 0.1) is 12.3 Å². The van der Waals surface area contributed by atoms with Crippen molar-refractivity contribution >= 4 is 5.95 Å². The first-order chi connectivity index (χ1) is 14.7. The van der Waals surface area contributed by atoms with Crippen LogP contribution in [0.3, 0.4) is 0 Å². The van der Waals surface area contributed by atoms with Crippen LogP contribution >= 0.6 is 0 Å². The molecule has 3 aromatic rings. The molecule has 0 saturated heterocycles. The number of hydrogen-bond donors (Lipinski definition) is 3. The molecule has 0 amide bonds. The van der Waals surface area contributed by atoms with Gasteiger partial charge < -0.3 is 10.4 Å². The SMILES string of the molecule is O=c1[nH]c(NCCCC2CCCc3cccnc32)ncc1Cc1ccc(CO)nc1. The van der Waals surface area contributed by atoms with Crippen LogP contribution in [0.25, 0.3) is 0 Å². The molecule has 0 spiro atoms. The first-order valence-corrected chi connectivity index (χ1v) is 10.5. The highest BCUT2D eigenvalue weighted by Gasteiger charge is 2.20. The van der Waals surface area contributed by atoms with Gasteiger partial charge >= 0.3 is 0 Å². The molecule has 0 fully saturated rings. The molecule has 1 unspecified atom stereocenters. The van der Waals surface area contributed by atoms with Crippen molar-refractivity contribution in [2.24, 2.45) is 0 Å². The van der Waals surface area contributed by atoms with Gasteiger partial charge in [-0.15, -0.1) is 0 Å². The van der Waals surface area contributed by atoms with E-state index in [1.54, 1.807) is 18.5 Å². The molecule has 4 rings (SSSR count). The molecular weight excluding hydrogens is 378 g/mol. The highest BCUT2D eigenvalue weighted by atomic mass is 16.3. The van der Waals surface area contributed by atoms with E-state index in [-0.39, 0.29) is 12.2 Å². The lowest BCUT2D eigenvalue weighted by atomic mass is 9.84. The van der Waals surface area contributed by atoms with Crippen molar-refractivity contribution in [3.63, 3.8) is 0 Å². The number of aromatic nitrogens is 4. The van der Waals surface area contributed by atoms with E-state index >= 15 is 0 Å². The first-order valence-electron chi connectivity index (χ1n) is 10.5. The summed E-state index contributed by atoms with van der Waals surface area (Å²) in [5.41, 5.74) is 4.61. The zero-order valence-electron chi connectivity index (χ0n) is 17.0. The molecule has 7 nitrogen and oxygen atoms in total. The topological polar surface area (TPSA) is 104 Å². The summed E-state index contributed by atoms with van der Waals surface area (Å²) in [7, 11) is 0. The van der Waals surface area contributed by atoms with Crippen LogP contribution in [0.1, 0.15) is 59.7 Å². The fraction of sp³-hybridized carbons (Fsp3) is 0.391. The van der Waals surface area contributed by atoms with E-state index in [2.05, 4.69) is 31.3 Å². The van der Waals surface area contributed by atoms with Gasteiger partial charge in [-0.1, -0.05) is 12.1 Å². The Kier molecular flexibility index (Phi) is 6.49. The Hall–Kier alpha value is -3.06. The smallest absolute Gasteiger partial charge is 0.255 e. The third-order valence-electron chi connectivity index (χ3n) is 5.65. The van der Waals surface area contributed by atoms with Crippen LogP contribution < -0.4 is 10.9 Å². The molecule has 30 heavy (non-hydrogen) atoms. The van der Waals surface area contributed by atoms with Gasteiger partial charge in [0.15, 0.2) is 0 Å². The maximum Gasteiger partial charge on any atom is 0.255 e. The Morgan fingerprint density at radius 2 is 2.10 bits per heavy atom. The molecule has 1 aliphatic rings. The third kappa shape index (κ3) is 4.91. The predicted molar refractivity (Wildman–Crippen MR) is 115 cm³/mol. The number of aliphatic hydroxyl groups is 1. The van der Waals surface area contributed by atoms with Gasteiger partial charge in [0.25, 0.3) is 5.56 Å². The maximum atomic E-state index is 12.4. The van der Waals surface area contributed by atoms with Crippen molar-refractivity contribution < 1.29 is 5.11 Å². The number of aromatic amines is 1. The number of anilines is 1. The van der Waals surface area contributed by atoms with E-state index in [0.29, 0.717) is 29.5 Å². The molecule has 1 aliphatic carbocycles. The van der Waals surface area contributed by atoms with Gasteiger partial charge in [0.2, 0.25) is 5.95 Å². The van der Waals surface area contributed by atoms with Crippen LogP contribution in [-0.4, -0.2) is 31.6 Å². The average Bonchev–Trinajstić information content (AvgIpc) is 2.79. The van der Waals surface area contributed by atoms with Gasteiger partial charge in [0.1, 0.15) is 0 Å². The second-order valence-corrected chi connectivity index (χ2v) is 7.78. The first kappa shape index (κ1) is 20.2. The highest BCUT2D eigenvalue weighted by Crippen LogP contribution is 2.32. The highest BCUT2D eigenvalue weighted by molar-refractivity contribution is 5.28. The fourth-order valence-corrected chi connectivity index (χ4v) is 4.05. The average molecular weight is 406 g/mol. The van der Waals surface area contributed by atoms with Crippen molar-refractivity contribution in [2.45, 2.75) is 51.0 Å². The summed E-state index contributed by atoms with van der Waals surface area (Å²) in [4.78, 5) is 28.3. The second-order valence-electron chi connectivity index (χ2n) is 7.78. The minimum atomic E-state index is -0.149. The van der Waals surface area contributed by atoms with Gasteiger partial charge in [-0.3, -0.25) is 19.7 Å². The Labute approximate surface area is 175 Å². The van der Waals surface area contributed by atoms with E-state index < -0.39 is 0 Å². The monoisotopic (exact) mass is 405 g/mol. The summed E-state index contributed by atoms with van der Waals surface area (Å²) in [6.07, 6.45) is 11.3. The van der Waals surface area contributed by atoms with Crippen molar-refractivity contribution in [3.05, 3.63) is 81.3 Å². The molecule has 156 valence electrons. The van der Waals surface area contributed by atoms with Crippen LogP contribution in [0, 0.1) is 0 Å². The number of nitrogens with zero attached hydrogens (tertiary/aromatic N) is 3. The minimum Gasteiger partial charge on any atom is -0.390 e. The number of fused-ring (bicyclic) bond motifs is 1. The molecular formula is C23H27N5O2. The second kappa shape index (κ2) is 9.63. The number of aliphatic hydroxyl groups excluding tert-OH is 1. The Morgan fingerprint density at radius 1 is 1.17 bits per heavy atom. The molecule has 0 aromatic carbocycles. The molecule has 1 atom stereocenters. The molecule has 0 aliphatic heterocycles. The Morgan fingerprint density at radius 3 is 2.90 bits per heavy atom. The largest absolute Gasteiger partial charge is 0.390 e. The normalized spacial score (nSPS) is 15.6. The fourth-order valence-electron chi connectivity index (χ4n) is 4.05. The summed E-state index contributed by atoms with van der Waals surface area (Å²) in [5, 5.41) is 12.3. The number of nitrogens with one attached hydrogen (secondary N) is 2. The molecule has 0 bridgehead atoms. The van der Waals surface area contributed by atoms with Crippen molar-refractivity contribution in [1.82, 2.24) is 19.9 Å². The summed E-state index contributed by atoms with van der Waals surface area (Å²) in [6.45, 7) is 0.667. The quantitative estimate of drug-likeness (QED) is 0.498. The van der Waals surface area contributed by atoms with Crippen LogP contribution in [0.15, 0.2) is 47.7 Å². The number of pyridine rings is 2. The lowest BCUT2D eigenvalue weighted by Gasteiger charge is -2.24. The van der Waals surface area contributed by atoms with Crippen molar-refractivity contribution in [2.75, 3.05) is 11.9 Å². The van der Waals surface area contributed by atoms with Gasteiger partial charge in [-0.2, -0.15) is 0 Å². The molecule has 0 saturated carbocycles. The van der Waals surface area contributed by atoms with Gasteiger partial charge in [-0.25, -0.2) is 4.98 Å². The molecule has 0 radical (unpaired) electrons. The zero-order valence-corrected chi connectivity index (χ0v) is 17.0. The number of H-pyrrole nitrogens is 1. The standard InChI is InChI=1S/C23H27N5O2/c29-15-20-9-8-16(13-26-20)12-19-14-27-23(28-22(19)30)25-11-3-7-18-5-1-4-17-6-2-10-24-21(17)18/h2,6,8-10,13-14,18,29H,1,3-5,7,11-12,15H2,(H2,25,27,28,30). The Balaban J connectivity index is 1.28. The molecule has 7 heteroatoms.